The molecule has 1 aliphatic heterocycles. The van der Waals surface area contributed by atoms with E-state index in [4.69, 9.17) is 0 Å². The summed E-state index contributed by atoms with van der Waals surface area (Å²) < 4.78 is 0. The number of imide groups is 1. The molecule has 3 aliphatic rings. The summed E-state index contributed by atoms with van der Waals surface area (Å²) in [6.07, 6.45) is 6.29. The van der Waals surface area contributed by atoms with Crippen LogP contribution in [0.25, 0.3) is 0 Å². The van der Waals surface area contributed by atoms with Crippen molar-refractivity contribution in [1.82, 2.24) is 10.2 Å². The predicted molar refractivity (Wildman–Crippen MR) is 68.0 cm³/mol. The summed E-state index contributed by atoms with van der Waals surface area (Å²) >= 11 is 0. The Balaban J connectivity index is 1.59. The van der Waals surface area contributed by atoms with Gasteiger partial charge in [0.05, 0.1) is 5.41 Å². The lowest BCUT2D eigenvalue weighted by Gasteiger charge is -2.20. The molecule has 1 spiro atoms. The van der Waals surface area contributed by atoms with Gasteiger partial charge < -0.3 is 5.32 Å². The molecular weight excluding hydrogens is 244 g/mol. The molecule has 3 amide bonds. The van der Waals surface area contributed by atoms with Gasteiger partial charge >= 0.3 is 0 Å². The maximum Gasteiger partial charge on any atom is 0.240 e. The van der Waals surface area contributed by atoms with Crippen LogP contribution in [-0.2, 0) is 14.4 Å². The van der Waals surface area contributed by atoms with Crippen LogP contribution in [-0.4, -0.2) is 35.7 Å². The first-order valence-corrected chi connectivity index (χ1v) is 7.22. The summed E-state index contributed by atoms with van der Waals surface area (Å²) in [6.45, 7) is 0.590. The molecule has 5 nitrogen and oxygen atoms in total. The van der Waals surface area contributed by atoms with Crippen molar-refractivity contribution in [2.45, 2.75) is 44.9 Å². The van der Waals surface area contributed by atoms with E-state index in [1.807, 2.05) is 0 Å². The van der Waals surface area contributed by atoms with Crippen LogP contribution < -0.4 is 5.32 Å². The molecule has 0 aromatic heterocycles. The summed E-state index contributed by atoms with van der Waals surface area (Å²) in [5.74, 6) is 0.115. The summed E-state index contributed by atoms with van der Waals surface area (Å²) in [6, 6.07) is 0. The molecule has 104 valence electrons. The van der Waals surface area contributed by atoms with Crippen molar-refractivity contribution < 1.29 is 14.4 Å². The topological polar surface area (TPSA) is 66.5 Å². The fourth-order valence-corrected chi connectivity index (χ4v) is 3.24. The number of nitrogens with zero attached hydrogens (tertiary/aromatic N) is 1. The van der Waals surface area contributed by atoms with Crippen LogP contribution in [0.4, 0.5) is 0 Å². The third-order valence-electron chi connectivity index (χ3n) is 4.64. The lowest BCUT2D eigenvalue weighted by atomic mass is 9.84. The van der Waals surface area contributed by atoms with Crippen molar-refractivity contribution in [3.63, 3.8) is 0 Å². The number of carbonyl (C=O) groups excluding carboxylic acids is 3. The Morgan fingerprint density at radius 1 is 1.26 bits per heavy atom. The summed E-state index contributed by atoms with van der Waals surface area (Å²) in [7, 11) is 0. The van der Waals surface area contributed by atoms with Crippen molar-refractivity contribution >= 4 is 17.7 Å². The zero-order chi connectivity index (χ0) is 13.5. The molecule has 0 radical (unpaired) electrons. The van der Waals surface area contributed by atoms with E-state index in [-0.39, 0.29) is 24.3 Å². The van der Waals surface area contributed by atoms with Crippen molar-refractivity contribution in [1.29, 1.82) is 0 Å². The normalized spacial score (nSPS) is 25.4. The van der Waals surface area contributed by atoms with Gasteiger partial charge in [0, 0.05) is 13.0 Å². The maximum atomic E-state index is 12.4. The average Bonchev–Trinajstić information content (AvgIpc) is 3.06. The zero-order valence-electron chi connectivity index (χ0n) is 11.1. The summed E-state index contributed by atoms with van der Waals surface area (Å²) in [4.78, 5) is 37.3. The van der Waals surface area contributed by atoms with Gasteiger partial charge in [-0.1, -0.05) is 12.8 Å². The zero-order valence-corrected chi connectivity index (χ0v) is 11.1. The Morgan fingerprint density at radius 2 is 1.95 bits per heavy atom. The van der Waals surface area contributed by atoms with E-state index in [9.17, 15) is 14.4 Å². The molecule has 1 saturated heterocycles. The molecule has 1 N–H and O–H groups in total. The Labute approximate surface area is 112 Å². The molecule has 0 aromatic rings. The molecular formula is C14H20N2O3. The molecule has 0 atom stereocenters. The second-order valence-electron chi connectivity index (χ2n) is 6.20. The van der Waals surface area contributed by atoms with E-state index in [0.717, 1.165) is 25.7 Å². The van der Waals surface area contributed by atoms with E-state index >= 15 is 0 Å². The molecule has 5 heteroatoms. The van der Waals surface area contributed by atoms with Gasteiger partial charge in [0.15, 0.2) is 0 Å². The predicted octanol–water partition coefficient (Wildman–Crippen LogP) is 0.832. The van der Waals surface area contributed by atoms with Gasteiger partial charge in [0.1, 0.15) is 6.54 Å². The largest absolute Gasteiger partial charge is 0.354 e. The minimum absolute atomic E-state index is 0.0911. The van der Waals surface area contributed by atoms with Gasteiger partial charge in [0.25, 0.3) is 0 Å². The Morgan fingerprint density at radius 3 is 2.58 bits per heavy atom. The molecule has 2 saturated carbocycles. The first-order chi connectivity index (χ1) is 9.11. The minimum Gasteiger partial charge on any atom is -0.354 e. The van der Waals surface area contributed by atoms with Gasteiger partial charge in [-0.25, -0.2) is 0 Å². The maximum absolute atomic E-state index is 12.4. The Bertz CT molecular complexity index is 422. The monoisotopic (exact) mass is 264 g/mol. The van der Waals surface area contributed by atoms with E-state index in [1.165, 1.54) is 17.7 Å². The average molecular weight is 264 g/mol. The van der Waals surface area contributed by atoms with E-state index in [1.54, 1.807) is 0 Å². The van der Waals surface area contributed by atoms with E-state index in [0.29, 0.717) is 18.9 Å². The number of amides is 3. The van der Waals surface area contributed by atoms with Crippen molar-refractivity contribution in [3.05, 3.63) is 0 Å². The minimum atomic E-state index is -0.464. The van der Waals surface area contributed by atoms with Crippen LogP contribution in [0.5, 0.6) is 0 Å². The van der Waals surface area contributed by atoms with Crippen LogP contribution in [0.15, 0.2) is 0 Å². The molecule has 3 fully saturated rings. The van der Waals surface area contributed by atoms with E-state index < -0.39 is 5.41 Å². The highest BCUT2D eigenvalue weighted by Crippen LogP contribution is 2.46. The van der Waals surface area contributed by atoms with Crippen molar-refractivity contribution in [3.8, 4) is 0 Å². The summed E-state index contributed by atoms with van der Waals surface area (Å²) in [5, 5.41) is 2.81. The highest BCUT2D eigenvalue weighted by Gasteiger charge is 2.52. The molecule has 19 heavy (non-hydrogen) atoms. The number of hydrogen-bond acceptors (Lipinski definition) is 3. The van der Waals surface area contributed by atoms with Gasteiger partial charge in [-0.05, 0) is 31.6 Å². The Kier molecular flexibility index (Phi) is 3.07. The smallest absolute Gasteiger partial charge is 0.240 e. The third kappa shape index (κ3) is 2.38. The molecule has 3 rings (SSSR count). The number of carbonyl (C=O) groups is 3. The van der Waals surface area contributed by atoms with Gasteiger partial charge in [-0.15, -0.1) is 0 Å². The highest BCUT2D eigenvalue weighted by atomic mass is 16.2. The fraction of sp³-hybridized carbons (Fsp3) is 0.786. The first kappa shape index (κ1) is 12.6. The molecule has 0 bridgehead atoms. The van der Waals surface area contributed by atoms with Crippen LogP contribution in [0, 0.1) is 11.3 Å². The molecule has 1 heterocycles. The fourth-order valence-electron chi connectivity index (χ4n) is 3.24. The number of likely N-dealkylation sites (tertiary alicyclic amines) is 1. The first-order valence-electron chi connectivity index (χ1n) is 7.22. The lowest BCUT2D eigenvalue weighted by Crippen LogP contribution is -2.42. The van der Waals surface area contributed by atoms with Gasteiger partial charge in [-0.3, -0.25) is 19.3 Å². The Hall–Kier alpha value is -1.39. The quantitative estimate of drug-likeness (QED) is 0.765. The van der Waals surface area contributed by atoms with Gasteiger partial charge in [-0.2, -0.15) is 0 Å². The molecule has 0 aromatic carbocycles. The van der Waals surface area contributed by atoms with Crippen molar-refractivity contribution in [2.24, 2.45) is 11.3 Å². The molecule has 0 unspecified atom stereocenters. The third-order valence-corrected chi connectivity index (χ3v) is 4.64. The lowest BCUT2D eigenvalue weighted by molar-refractivity contribution is -0.144. The van der Waals surface area contributed by atoms with Crippen LogP contribution in [0.2, 0.25) is 0 Å². The van der Waals surface area contributed by atoms with Crippen LogP contribution in [0.3, 0.4) is 0 Å². The number of nitrogens with one attached hydrogen (secondary N) is 1. The standard InChI is InChI=1S/C14H20N2O3/c17-11(15-8-10-3-4-10)9-16-12(18)7-14(13(16)19)5-1-2-6-14/h10H,1-9H2,(H,15,17). The van der Waals surface area contributed by atoms with Crippen LogP contribution in [0.1, 0.15) is 44.9 Å². The SMILES string of the molecule is O=C(CN1C(=O)CC2(CCCC2)C1=O)NCC1CC1. The van der Waals surface area contributed by atoms with Gasteiger partial charge in [0.2, 0.25) is 17.7 Å². The second-order valence-corrected chi connectivity index (χ2v) is 6.20. The van der Waals surface area contributed by atoms with Crippen LogP contribution >= 0.6 is 0 Å². The number of hydrogen-bond donors (Lipinski definition) is 1. The highest BCUT2D eigenvalue weighted by molar-refractivity contribution is 6.08. The van der Waals surface area contributed by atoms with E-state index in [2.05, 4.69) is 5.32 Å². The molecule has 2 aliphatic carbocycles. The number of rotatable bonds is 4. The van der Waals surface area contributed by atoms with Crippen molar-refractivity contribution in [2.75, 3.05) is 13.1 Å². The summed E-state index contributed by atoms with van der Waals surface area (Å²) in [5.41, 5.74) is -0.464. The second kappa shape index (κ2) is 4.62.